The molecule has 1 aromatic carbocycles. The van der Waals surface area contributed by atoms with E-state index < -0.39 is 0 Å². The summed E-state index contributed by atoms with van der Waals surface area (Å²) in [5.74, 6) is 0.892. The largest absolute Gasteiger partial charge is 0.504 e. The Bertz CT molecular complexity index is 478. The zero-order valence-corrected chi connectivity index (χ0v) is 13.8. The van der Waals surface area contributed by atoms with Gasteiger partial charge < -0.3 is 9.84 Å². The van der Waals surface area contributed by atoms with Crippen LogP contribution in [0, 0.1) is 0 Å². The van der Waals surface area contributed by atoms with E-state index in [-0.39, 0.29) is 5.75 Å². The SMILES string of the molecule is CCCC/C=C/CCCC(=O)CCc1ccc(O)c(OC)c1. The monoisotopic (exact) mass is 304 g/mol. The van der Waals surface area contributed by atoms with Crippen LogP contribution < -0.4 is 4.74 Å². The summed E-state index contributed by atoms with van der Waals surface area (Å²) in [6, 6.07) is 5.24. The minimum Gasteiger partial charge on any atom is -0.504 e. The molecule has 0 amide bonds. The maximum Gasteiger partial charge on any atom is 0.160 e. The van der Waals surface area contributed by atoms with Crippen molar-refractivity contribution in [1.82, 2.24) is 0 Å². The third kappa shape index (κ3) is 7.30. The van der Waals surface area contributed by atoms with Crippen LogP contribution in [0.5, 0.6) is 11.5 Å². The fourth-order valence-corrected chi connectivity index (χ4v) is 2.26. The van der Waals surface area contributed by atoms with Crippen LogP contribution in [0.2, 0.25) is 0 Å². The number of hydrogen-bond donors (Lipinski definition) is 1. The third-order valence-corrected chi connectivity index (χ3v) is 3.65. The Kier molecular flexibility index (Phi) is 9.04. The highest BCUT2D eigenvalue weighted by Gasteiger charge is 2.05. The van der Waals surface area contributed by atoms with Crippen molar-refractivity contribution in [1.29, 1.82) is 0 Å². The van der Waals surface area contributed by atoms with E-state index >= 15 is 0 Å². The van der Waals surface area contributed by atoms with Crippen molar-refractivity contribution >= 4 is 5.78 Å². The van der Waals surface area contributed by atoms with Crippen molar-refractivity contribution < 1.29 is 14.6 Å². The van der Waals surface area contributed by atoms with Crippen LogP contribution in [0.4, 0.5) is 0 Å². The molecule has 1 N–H and O–H groups in total. The van der Waals surface area contributed by atoms with Gasteiger partial charge in [-0.15, -0.1) is 0 Å². The maximum absolute atomic E-state index is 11.9. The van der Waals surface area contributed by atoms with E-state index in [1.54, 1.807) is 12.1 Å². The van der Waals surface area contributed by atoms with Gasteiger partial charge in [0.05, 0.1) is 7.11 Å². The first-order valence-corrected chi connectivity index (χ1v) is 8.20. The van der Waals surface area contributed by atoms with E-state index in [9.17, 15) is 9.90 Å². The molecule has 0 heterocycles. The minimum absolute atomic E-state index is 0.132. The lowest BCUT2D eigenvalue weighted by atomic mass is 10.0. The molecule has 0 fully saturated rings. The standard InChI is InChI=1S/C19H28O3/c1-3-4-5-6-7-8-9-10-17(20)13-11-16-12-14-18(21)19(15-16)22-2/h6-7,12,14-15,21H,3-5,8-11,13H2,1-2H3/b7-6+. The van der Waals surface area contributed by atoms with E-state index in [1.807, 2.05) is 6.07 Å². The third-order valence-electron chi connectivity index (χ3n) is 3.65. The summed E-state index contributed by atoms with van der Waals surface area (Å²) in [4.78, 5) is 11.9. The number of allylic oxidation sites excluding steroid dienone is 2. The quantitative estimate of drug-likeness (QED) is 0.471. The smallest absolute Gasteiger partial charge is 0.160 e. The van der Waals surface area contributed by atoms with Crippen LogP contribution in [-0.2, 0) is 11.2 Å². The number of aryl methyl sites for hydroxylation is 1. The van der Waals surface area contributed by atoms with Crippen molar-refractivity contribution in [3.05, 3.63) is 35.9 Å². The van der Waals surface area contributed by atoms with E-state index in [1.165, 1.54) is 20.0 Å². The summed E-state index contributed by atoms with van der Waals surface area (Å²) < 4.78 is 5.07. The number of Topliss-reactive ketones (excluding diaryl/α,β-unsaturated/α-hetero) is 1. The average Bonchev–Trinajstić information content (AvgIpc) is 2.53. The fourth-order valence-electron chi connectivity index (χ4n) is 2.26. The molecule has 1 aromatic rings. The van der Waals surface area contributed by atoms with Crippen molar-refractivity contribution in [3.63, 3.8) is 0 Å². The molecular weight excluding hydrogens is 276 g/mol. The first-order valence-electron chi connectivity index (χ1n) is 8.20. The molecule has 0 unspecified atom stereocenters. The van der Waals surface area contributed by atoms with Crippen LogP contribution in [0.3, 0.4) is 0 Å². The average molecular weight is 304 g/mol. The van der Waals surface area contributed by atoms with Crippen molar-refractivity contribution in [3.8, 4) is 11.5 Å². The Labute approximate surface area is 134 Å². The van der Waals surface area contributed by atoms with Crippen LogP contribution in [-0.4, -0.2) is 18.0 Å². The van der Waals surface area contributed by atoms with E-state index in [2.05, 4.69) is 19.1 Å². The lowest BCUT2D eigenvalue weighted by Crippen LogP contribution is -2.00. The maximum atomic E-state index is 11.9. The van der Waals surface area contributed by atoms with Crippen LogP contribution in [0.1, 0.15) is 57.4 Å². The van der Waals surface area contributed by atoms with Gasteiger partial charge in [0.2, 0.25) is 0 Å². The molecule has 3 heteroatoms. The van der Waals surface area contributed by atoms with Gasteiger partial charge in [0.15, 0.2) is 11.5 Å². The summed E-state index contributed by atoms with van der Waals surface area (Å²) in [6.07, 6.45) is 11.8. The molecule has 0 bridgehead atoms. The Hall–Kier alpha value is -1.77. The molecule has 122 valence electrons. The second kappa shape index (κ2) is 10.9. The number of phenolic OH excluding ortho intramolecular Hbond substituents is 1. The van der Waals surface area contributed by atoms with Gasteiger partial charge in [0.25, 0.3) is 0 Å². The number of aromatic hydroxyl groups is 1. The predicted octanol–water partition coefficient (Wildman–Crippen LogP) is 4.82. The number of ether oxygens (including phenoxy) is 1. The molecular formula is C19H28O3. The highest BCUT2D eigenvalue weighted by molar-refractivity contribution is 5.78. The van der Waals surface area contributed by atoms with Crippen molar-refractivity contribution in [2.75, 3.05) is 7.11 Å². The van der Waals surface area contributed by atoms with Gasteiger partial charge in [-0.1, -0.05) is 38.0 Å². The normalized spacial score (nSPS) is 11.0. The van der Waals surface area contributed by atoms with Gasteiger partial charge in [0, 0.05) is 12.8 Å². The number of hydrogen-bond acceptors (Lipinski definition) is 3. The minimum atomic E-state index is 0.132. The number of carbonyl (C=O) groups is 1. The number of methoxy groups -OCH3 is 1. The van der Waals surface area contributed by atoms with Gasteiger partial charge in [0.1, 0.15) is 5.78 Å². The predicted molar refractivity (Wildman–Crippen MR) is 90.5 cm³/mol. The van der Waals surface area contributed by atoms with Gasteiger partial charge in [-0.05, 0) is 43.4 Å². The first-order chi connectivity index (χ1) is 10.7. The van der Waals surface area contributed by atoms with Gasteiger partial charge in [-0.25, -0.2) is 0 Å². The highest BCUT2D eigenvalue weighted by atomic mass is 16.5. The molecule has 0 aliphatic heterocycles. The molecule has 0 saturated heterocycles. The van der Waals surface area contributed by atoms with Crippen LogP contribution in [0.25, 0.3) is 0 Å². The van der Waals surface area contributed by atoms with Gasteiger partial charge >= 0.3 is 0 Å². The molecule has 3 nitrogen and oxygen atoms in total. The Morgan fingerprint density at radius 1 is 1.18 bits per heavy atom. The summed E-state index contributed by atoms with van der Waals surface area (Å²) in [5.41, 5.74) is 1.02. The number of unbranched alkanes of at least 4 members (excludes halogenated alkanes) is 3. The van der Waals surface area contributed by atoms with E-state index in [0.717, 1.165) is 24.8 Å². The summed E-state index contributed by atoms with van der Waals surface area (Å²) in [7, 11) is 1.53. The summed E-state index contributed by atoms with van der Waals surface area (Å²) in [5, 5.41) is 9.53. The van der Waals surface area contributed by atoms with Crippen molar-refractivity contribution in [2.24, 2.45) is 0 Å². The summed E-state index contributed by atoms with van der Waals surface area (Å²) in [6.45, 7) is 2.19. The number of rotatable bonds is 11. The molecule has 0 radical (unpaired) electrons. The Morgan fingerprint density at radius 3 is 2.59 bits per heavy atom. The zero-order valence-electron chi connectivity index (χ0n) is 13.8. The molecule has 0 aliphatic rings. The van der Waals surface area contributed by atoms with Gasteiger partial charge in [-0.3, -0.25) is 4.79 Å². The molecule has 0 aromatic heterocycles. The first kappa shape index (κ1) is 18.3. The summed E-state index contributed by atoms with van der Waals surface area (Å²) >= 11 is 0. The number of benzene rings is 1. The molecule has 0 spiro atoms. The van der Waals surface area contributed by atoms with E-state index in [0.29, 0.717) is 30.8 Å². The van der Waals surface area contributed by atoms with Crippen LogP contribution >= 0.6 is 0 Å². The zero-order chi connectivity index (χ0) is 16.2. The molecule has 0 atom stereocenters. The lowest BCUT2D eigenvalue weighted by molar-refractivity contribution is -0.119. The Balaban J connectivity index is 2.22. The van der Waals surface area contributed by atoms with Crippen molar-refractivity contribution in [2.45, 2.75) is 58.3 Å². The topological polar surface area (TPSA) is 46.5 Å². The number of ketones is 1. The number of carbonyl (C=O) groups excluding carboxylic acids is 1. The molecule has 1 rings (SSSR count). The highest BCUT2D eigenvalue weighted by Crippen LogP contribution is 2.26. The Morgan fingerprint density at radius 2 is 1.91 bits per heavy atom. The second-order valence-corrected chi connectivity index (χ2v) is 5.55. The lowest BCUT2D eigenvalue weighted by Gasteiger charge is -2.06. The van der Waals surface area contributed by atoms with E-state index in [4.69, 9.17) is 4.74 Å². The molecule has 0 saturated carbocycles. The second-order valence-electron chi connectivity index (χ2n) is 5.55. The number of phenols is 1. The van der Waals surface area contributed by atoms with Crippen LogP contribution in [0.15, 0.2) is 30.4 Å². The van der Waals surface area contributed by atoms with Gasteiger partial charge in [-0.2, -0.15) is 0 Å². The fraction of sp³-hybridized carbons (Fsp3) is 0.526. The molecule has 0 aliphatic carbocycles. The molecule has 22 heavy (non-hydrogen) atoms.